The maximum Gasteiger partial charge on any atom is 0.573 e. The Morgan fingerprint density at radius 1 is 1.07 bits per heavy atom. The van der Waals surface area contributed by atoms with Crippen molar-refractivity contribution >= 4 is 28.6 Å². The van der Waals surface area contributed by atoms with Crippen molar-refractivity contribution in [2.75, 3.05) is 23.7 Å². The van der Waals surface area contributed by atoms with Crippen LogP contribution in [0.5, 0.6) is 5.75 Å². The fraction of sp³-hybridized carbons (Fsp3) is 0.333. The molecule has 1 N–H and O–H groups in total. The van der Waals surface area contributed by atoms with E-state index in [0.717, 1.165) is 40.7 Å². The first-order chi connectivity index (χ1) is 21.5. The second-order valence-electron chi connectivity index (χ2n) is 11.2. The van der Waals surface area contributed by atoms with Crippen LogP contribution in [0.1, 0.15) is 55.7 Å². The first-order valence-electron chi connectivity index (χ1n) is 14.7. The van der Waals surface area contributed by atoms with Crippen molar-refractivity contribution in [3.8, 4) is 22.8 Å². The zero-order chi connectivity index (χ0) is 32.1. The van der Waals surface area contributed by atoms with E-state index in [9.17, 15) is 18.0 Å². The number of amides is 2. The number of aromatic nitrogens is 3. The van der Waals surface area contributed by atoms with E-state index in [4.69, 9.17) is 0 Å². The zero-order valence-corrected chi connectivity index (χ0v) is 26.3. The summed E-state index contributed by atoms with van der Waals surface area (Å²) in [5, 5.41) is 8.14. The molecule has 1 saturated heterocycles. The van der Waals surface area contributed by atoms with E-state index >= 15 is 0 Å². The Kier molecular flexibility index (Phi) is 9.81. The van der Waals surface area contributed by atoms with Gasteiger partial charge in [-0.1, -0.05) is 68.9 Å². The monoisotopic (exact) mass is 636 g/mol. The van der Waals surface area contributed by atoms with E-state index in [-0.39, 0.29) is 17.7 Å². The highest BCUT2D eigenvalue weighted by Gasteiger charge is 2.31. The third kappa shape index (κ3) is 8.05. The predicted octanol–water partition coefficient (Wildman–Crippen LogP) is 8.08. The van der Waals surface area contributed by atoms with Crippen LogP contribution < -0.4 is 15.0 Å². The van der Waals surface area contributed by atoms with Gasteiger partial charge in [-0.05, 0) is 72.2 Å². The molecule has 1 atom stereocenters. The maximum atomic E-state index is 12.8. The molecule has 0 saturated carbocycles. The summed E-state index contributed by atoms with van der Waals surface area (Å²) < 4.78 is 42.7. The molecule has 1 fully saturated rings. The van der Waals surface area contributed by atoms with E-state index in [1.54, 1.807) is 11.8 Å². The topological polar surface area (TPSA) is 84.6 Å². The van der Waals surface area contributed by atoms with Crippen molar-refractivity contribution in [3.63, 3.8) is 0 Å². The van der Waals surface area contributed by atoms with Crippen molar-refractivity contribution in [3.05, 3.63) is 89.7 Å². The van der Waals surface area contributed by atoms with Crippen LogP contribution in [-0.4, -0.2) is 51.2 Å². The standard InChI is InChI=1S/C33H35F3N6O2S/c1-21(2)29-23(4)6-5-7-28(29)41-18-19-45-32(41)39-31(43)37-17-16-22(3)24-8-10-25(11-9-24)30-38-20-42(40-30)26-12-14-27(15-13-26)44-33(34,35)36/h5-15,20-22H,16-19H2,1-4H3,(H,37,43)/b39-32-. The van der Waals surface area contributed by atoms with E-state index in [1.807, 2.05) is 24.3 Å². The van der Waals surface area contributed by atoms with Crippen LogP contribution >= 0.6 is 11.8 Å². The fourth-order valence-corrected chi connectivity index (χ4v) is 6.29. The molecule has 4 aromatic rings. The predicted molar refractivity (Wildman–Crippen MR) is 172 cm³/mol. The number of aliphatic imine (C=N–C) groups is 1. The van der Waals surface area contributed by atoms with E-state index in [0.29, 0.717) is 24.0 Å². The highest BCUT2D eigenvalue weighted by molar-refractivity contribution is 8.14. The number of carbonyl (C=O) groups is 1. The number of urea groups is 1. The van der Waals surface area contributed by atoms with E-state index in [1.165, 1.54) is 46.4 Å². The second kappa shape index (κ2) is 13.8. The van der Waals surface area contributed by atoms with Crippen molar-refractivity contribution < 1.29 is 22.7 Å². The second-order valence-corrected chi connectivity index (χ2v) is 12.2. The molecule has 236 valence electrons. The Labute approximate surface area is 264 Å². The van der Waals surface area contributed by atoms with E-state index < -0.39 is 6.36 Å². The van der Waals surface area contributed by atoms with Gasteiger partial charge < -0.3 is 15.0 Å². The van der Waals surface area contributed by atoms with Crippen molar-refractivity contribution in [1.29, 1.82) is 0 Å². The molecule has 0 radical (unpaired) electrons. The number of halogens is 3. The number of aryl methyl sites for hydroxylation is 1. The number of thioether (sulfide) groups is 1. The molecule has 2 heterocycles. The lowest BCUT2D eigenvalue weighted by Gasteiger charge is -2.24. The highest BCUT2D eigenvalue weighted by atomic mass is 32.2. The van der Waals surface area contributed by atoms with E-state index in [2.05, 4.69) is 75.9 Å². The number of benzene rings is 3. The largest absolute Gasteiger partial charge is 0.573 e. The van der Waals surface area contributed by atoms with Gasteiger partial charge in [-0.25, -0.2) is 14.5 Å². The minimum atomic E-state index is -4.74. The Bertz CT molecular complexity index is 1650. The van der Waals surface area contributed by atoms with Crippen molar-refractivity contribution in [2.45, 2.75) is 52.3 Å². The van der Waals surface area contributed by atoms with Crippen LogP contribution in [0.25, 0.3) is 17.1 Å². The molecule has 3 aromatic carbocycles. The molecule has 1 aliphatic rings. The lowest BCUT2D eigenvalue weighted by atomic mass is 9.95. The van der Waals surface area contributed by atoms with Crippen molar-refractivity contribution in [1.82, 2.24) is 20.1 Å². The summed E-state index contributed by atoms with van der Waals surface area (Å²) in [6.07, 6.45) is -2.50. The summed E-state index contributed by atoms with van der Waals surface area (Å²) in [5.74, 6) is 1.62. The molecular weight excluding hydrogens is 601 g/mol. The number of nitrogens with one attached hydrogen (secondary N) is 1. The number of amidine groups is 1. The molecule has 0 spiro atoms. The average Bonchev–Trinajstić information content (AvgIpc) is 3.67. The van der Waals surface area contributed by atoms with Crippen LogP contribution in [0, 0.1) is 6.92 Å². The minimum absolute atomic E-state index is 0.188. The van der Waals surface area contributed by atoms with Crippen LogP contribution in [-0.2, 0) is 0 Å². The van der Waals surface area contributed by atoms with Gasteiger partial charge in [0.25, 0.3) is 0 Å². The zero-order valence-electron chi connectivity index (χ0n) is 25.5. The lowest BCUT2D eigenvalue weighted by molar-refractivity contribution is -0.274. The number of hydrogen-bond acceptors (Lipinski definition) is 5. The lowest BCUT2D eigenvalue weighted by Crippen LogP contribution is -2.29. The normalized spacial score (nSPS) is 15.1. The fourth-order valence-electron chi connectivity index (χ4n) is 5.34. The molecule has 2 amide bonds. The number of anilines is 1. The third-order valence-corrected chi connectivity index (χ3v) is 8.52. The van der Waals surface area contributed by atoms with Gasteiger partial charge in [0.15, 0.2) is 11.0 Å². The molecule has 1 aromatic heterocycles. The smallest absolute Gasteiger partial charge is 0.406 e. The number of hydrogen-bond donors (Lipinski definition) is 1. The summed E-state index contributed by atoms with van der Waals surface area (Å²) >= 11 is 1.60. The van der Waals surface area contributed by atoms with Gasteiger partial charge in [-0.15, -0.1) is 18.3 Å². The Morgan fingerprint density at radius 2 is 1.80 bits per heavy atom. The molecule has 1 unspecified atom stereocenters. The highest BCUT2D eigenvalue weighted by Crippen LogP contribution is 2.34. The Morgan fingerprint density at radius 3 is 2.49 bits per heavy atom. The SMILES string of the molecule is Cc1cccc(N2CCS/C2=N\C(=O)NCCC(C)c2ccc(-c3ncn(-c4ccc(OC(F)(F)F)cc4)n3)cc2)c1C(C)C. The minimum Gasteiger partial charge on any atom is -0.406 e. The van der Waals surface area contributed by atoms with Gasteiger partial charge in [-0.2, -0.15) is 4.99 Å². The third-order valence-electron chi connectivity index (χ3n) is 7.56. The average molecular weight is 637 g/mol. The van der Waals surface area contributed by atoms with Gasteiger partial charge in [0.1, 0.15) is 12.1 Å². The number of nitrogens with zero attached hydrogens (tertiary/aromatic N) is 5. The van der Waals surface area contributed by atoms with Gasteiger partial charge in [0, 0.05) is 30.1 Å². The van der Waals surface area contributed by atoms with Crippen LogP contribution in [0.4, 0.5) is 23.7 Å². The van der Waals surface area contributed by atoms with Crippen molar-refractivity contribution in [2.24, 2.45) is 4.99 Å². The summed E-state index contributed by atoms with van der Waals surface area (Å²) in [7, 11) is 0. The van der Waals surface area contributed by atoms with Gasteiger partial charge in [-0.3, -0.25) is 0 Å². The van der Waals surface area contributed by atoms with Crippen LogP contribution in [0.15, 0.2) is 78.0 Å². The number of ether oxygens (including phenoxy) is 1. The summed E-state index contributed by atoms with van der Waals surface area (Å²) in [4.78, 5) is 23.7. The maximum absolute atomic E-state index is 12.8. The molecule has 5 rings (SSSR count). The van der Waals surface area contributed by atoms with Gasteiger partial charge in [0.2, 0.25) is 0 Å². The summed E-state index contributed by atoms with van der Waals surface area (Å²) in [6.45, 7) is 9.90. The first kappa shape index (κ1) is 32.1. The Hall–Kier alpha value is -4.32. The quantitative estimate of drug-likeness (QED) is 0.200. The Balaban J connectivity index is 1.15. The molecule has 1 aliphatic heterocycles. The molecule has 45 heavy (non-hydrogen) atoms. The molecule has 12 heteroatoms. The van der Waals surface area contributed by atoms with Crippen LogP contribution in [0.3, 0.4) is 0 Å². The number of rotatable bonds is 9. The molecule has 0 aliphatic carbocycles. The molecule has 0 bridgehead atoms. The number of carbonyl (C=O) groups excluding carboxylic acids is 1. The van der Waals surface area contributed by atoms with Gasteiger partial charge in [0.05, 0.1) is 5.69 Å². The molecule has 8 nitrogen and oxygen atoms in total. The van der Waals surface area contributed by atoms with Crippen LogP contribution in [0.2, 0.25) is 0 Å². The summed E-state index contributed by atoms with van der Waals surface area (Å²) in [5.41, 5.74) is 6.11. The molecular formula is C33H35F3N6O2S. The summed E-state index contributed by atoms with van der Waals surface area (Å²) in [6, 6.07) is 19.2. The van der Waals surface area contributed by atoms with Gasteiger partial charge >= 0.3 is 12.4 Å². The first-order valence-corrected chi connectivity index (χ1v) is 15.7. The number of alkyl halides is 3.